The van der Waals surface area contributed by atoms with Crippen molar-refractivity contribution in [2.75, 3.05) is 23.4 Å². The third-order valence-corrected chi connectivity index (χ3v) is 4.90. The van der Waals surface area contributed by atoms with Gasteiger partial charge in [0.1, 0.15) is 0 Å². The van der Waals surface area contributed by atoms with Crippen LogP contribution in [-0.2, 0) is 20.6 Å². The van der Waals surface area contributed by atoms with Gasteiger partial charge < -0.3 is 10.6 Å². The highest BCUT2D eigenvalue weighted by Crippen LogP contribution is 2.14. The highest BCUT2D eigenvalue weighted by atomic mass is 32.2. The number of thioether (sulfide) groups is 1. The number of sulfonamides is 1. The largest absolute Gasteiger partial charge is 0.326 e. The van der Waals surface area contributed by atoms with E-state index in [0.717, 1.165) is 18.1 Å². The Bertz CT molecular complexity index is 581. The third-order valence-electron chi connectivity index (χ3n) is 3.04. The van der Waals surface area contributed by atoms with E-state index in [2.05, 4.69) is 10.6 Å². The number of benzene rings is 1. The van der Waals surface area contributed by atoms with E-state index >= 15 is 0 Å². The number of nitrogens with two attached hydrogens (primary N) is 1. The Labute approximate surface area is 128 Å². The summed E-state index contributed by atoms with van der Waals surface area (Å²) in [6.07, 6.45) is 0.436. The van der Waals surface area contributed by atoms with Gasteiger partial charge >= 0.3 is 0 Å². The number of rotatable bonds is 5. The standard InChI is InChI=1S/C13H19N3O3S2/c14-21(18,19)9-10-1-3-11(4-2-10)16-13(17)7-12-8-20-6-5-15-12/h1-4,12,15H,5-9H2,(H,16,17)(H2,14,18,19). The van der Waals surface area contributed by atoms with Crippen LogP contribution >= 0.6 is 11.8 Å². The van der Waals surface area contributed by atoms with Crippen LogP contribution in [-0.4, -0.2) is 38.4 Å². The number of anilines is 1. The van der Waals surface area contributed by atoms with Crippen LogP contribution in [0.15, 0.2) is 24.3 Å². The second-order valence-electron chi connectivity index (χ2n) is 4.98. The summed E-state index contributed by atoms with van der Waals surface area (Å²) >= 11 is 1.85. The van der Waals surface area contributed by atoms with E-state index in [4.69, 9.17) is 5.14 Å². The van der Waals surface area contributed by atoms with Crippen molar-refractivity contribution in [3.63, 3.8) is 0 Å². The summed E-state index contributed by atoms with van der Waals surface area (Å²) in [5.74, 6) is 1.78. The minimum absolute atomic E-state index is 0.0470. The Morgan fingerprint density at radius 2 is 2.10 bits per heavy atom. The number of nitrogens with one attached hydrogen (secondary N) is 2. The molecular formula is C13H19N3O3S2. The predicted octanol–water partition coefficient (Wildman–Crippen LogP) is 0.509. The van der Waals surface area contributed by atoms with Gasteiger partial charge in [0.2, 0.25) is 15.9 Å². The van der Waals surface area contributed by atoms with E-state index in [1.807, 2.05) is 11.8 Å². The molecule has 1 aromatic rings. The van der Waals surface area contributed by atoms with Crippen LogP contribution < -0.4 is 15.8 Å². The van der Waals surface area contributed by atoms with Crippen LogP contribution in [0.25, 0.3) is 0 Å². The molecule has 1 aromatic carbocycles. The molecule has 1 unspecified atom stereocenters. The molecule has 1 aliphatic rings. The van der Waals surface area contributed by atoms with Gasteiger partial charge in [-0.2, -0.15) is 11.8 Å². The topological polar surface area (TPSA) is 101 Å². The molecule has 1 fully saturated rings. The average Bonchev–Trinajstić information content (AvgIpc) is 2.40. The molecule has 0 radical (unpaired) electrons. The Kier molecular flexibility index (Phi) is 5.63. The molecule has 1 atom stereocenters. The molecule has 4 N–H and O–H groups in total. The maximum atomic E-state index is 11.9. The smallest absolute Gasteiger partial charge is 0.225 e. The lowest BCUT2D eigenvalue weighted by molar-refractivity contribution is -0.116. The predicted molar refractivity (Wildman–Crippen MR) is 85.6 cm³/mol. The van der Waals surface area contributed by atoms with Crippen LogP contribution in [0.5, 0.6) is 0 Å². The summed E-state index contributed by atoms with van der Waals surface area (Å²) in [6.45, 7) is 0.935. The molecule has 0 spiro atoms. The normalized spacial score (nSPS) is 19.2. The number of hydrogen-bond acceptors (Lipinski definition) is 5. The average molecular weight is 329 g/mol. The summed E-state index contributed by atoms with van der Waals surface area (Å²) in [7, 11) is -3.53. The van der Waals surface area contributed by atoms with E-state index in [-0.39, 0.29) is 17.7 Å². The van der Waals surface area contributed by atoms with Crippen molar-refractivity contribution in [2.24, 2.45) is 5.14 Å². The van der Waals surface area contributed by atoms with Crippen molar-refractivity contribution in [1.29, 1.82) is 0 Å². The van der Waals surface area contributed by atoms with E-state index in [0.29, 0.717) is 17.7 Å². The van der Waals surface area contributed by atoms with Gasteiger partial charge in [-0.1, -0.05) is 12.1 Å². The monoisotopic (exact) mass is 329 g/mol. The molecule has 2 rings (SSSR count). The third kappa shape index (κ3) is 6.04. The molecule has 1 amide bonds. The van der Waals surface area contributed by atoms with Crippen molar-refractivity contribution in [1.82, 2.24) is 5.32 Å². The van der Waals surface area contributed by atoms with Gasteiger partial charge in [-0.15, -0.1) is 0 Å². The molecule has 0 aliphatic carbocycles. The van der Waals surface area contributed by atoms with Gasteiger partial charge in [-0.25, -0.2) is 13.6 Å². The van der Waals surface area contributed by atoms with Crippen molar-refractivity contribution in [3.8, 4) is 0 Å². The first-order valence-electron chi connectivity index (χ1n) is 6.63. The second-order valence-corrected chi connectivity index (χ2v) is 7.75. The van der Waals surface area contributed by atoms with Gasteiger partial charge in [0.15, 0.2) is 0 Å². The number of carbonyl (C=O) groups excluding carboxylic acids is 1. The lowest BCUT2D eigenvalue weighted by Gasteiger charge is -2.22. The van der Waals surface area contributed by atoms with E-state index in [9.17, 15) is 13.2 Å². The maximum absolute atomic E-state index is 11.9. The summed E-state index contributed by atoms with van der Waals surface area (Å²) < 4.78 is 22.0. The fraction of sp³-hybridized carbons (Fsp3) is 0.462. The minimum atomic E-state index is -3.53. The lowest BCUT2D eigenvalue weighted by atomic mass is 10.2. The van der Waals surface area contributed by atoms with Gasteiger partial charge in [0.25, 0.3) is 0 Å². The van der Waals surface area contributed by atoms with Crippen molar-refractivity contribution >= 4 is 33.4 Å². The van der Waals surface area contributed by atoms with Crippen molar-refractivity contribution in [2.45, 2.75) is 18.2 Å². The molecule has 1 saturated heterocycles. The Morgan fingerprint density at radius 1 is 1.38 bits per heavy atom. The Morgan fingerprint density at radius 3 is 2.67 bits per heavy atom. The van der Waals surface area contributed by atoms with Crippen LogP contribution in [0.3, 0.4) is 0 Å². The first-order valence-corrected chi connectivity index (χ1v) is 9.50. The molecule has 8 heteroatoms. The SMILES string of the molecule is NS(=O)(=O)Cc1ccc(NC(=O)CC2CSCCN2)cc1. The Balaban J connectivity index is 1.86. The molecule has 6 nitrogen and oxygen atoms in total. The zero-order valence-electron chi connectivity index (χ0n) is 11.5. The number of primary sulfonamides is 1. The number of hydrogen-bond donors (Lipinski definition) is 3. The number of carbonyl (C=O) groups is 1. The maximum Gasteiger partial charge on any atom is 0.225 e. The zero-order valence-corrected chi connectivity index (χ0v) is 13.2. The molecular weight excluding hydrogens is 310 g/mol. The van der Waals surface area contributed by atoms with Crippen molar-refractivity contribution < 1.29 is 13.2 Å². The van der Waals surface area contributed by atoms with Crippen LogP contribution in [0.2, 0.25) is 0 Å². The summed E-state index contributed by atoms with van der Waals surface area (Å²) in [5, 5.41) is 11.1. The molecule has 0 bridgehead atoms. The lowest BCUT2D eigenvalue weighted by Crippen LogP contribution is -2.39. The molecule has 116 valence electrons. The Hall–Kier alpha value is -1.09. The molecule has 1 heterocycles. The van der Waals surface area contributed by atoms with Crippen LogP contribution in [0.1, 0.15) is 12.0 Å². The summed E-state index contributed by atoms with van der Waals surface area (Å²) in [5.41, 5.74) is 1.25. The van der Waals surface area contributed by atoms with E-state index in [1.54, 1.807) is 24.3 Å². The highest BCUT2D eigenvalue weighted by molar-refractivity contribution is 7.99. The first-order chi connectivity index (χ1) is 9.92. The number of amides is 1. The van der Waals surface area contributed by atoms with E-state index < -0.39 is 10.0 Å². The summed E-state index contributed by atoms with van der Waals surface area (Å²) in [6, 6.07) is 6.87. The molecule has 0 aromatic heterocycles. The quantitative estimate of drug-likeness (QED) is 0.730. The van der Waals surface area contributed by atoms with Crippen LogP contribution in [0.4, 0.5) is 5.69 Å². The van der Waals surface area contributed by atoms with E-state index in [1.165, 1.54) is 0 Å². The van der Waals surface area contributed by atoms with Gasteiger partial charge in [-0.05, 0) is 17.7 Å². The van der Waals surface area contributed by atoms with Crippen LogP contribution in [0, 0.1) is 0 Å². The van der Waals surface area contributed by atoms with Gasteiger partial charge in [0, 0.05) is 36.2 Å². The fourth-order valence-electron chi connectivity index (χ4n) is 2.10. The molecule has 21 heavy (non-hydrogen) atoms. The fourth-order valence-corrected chi connectivity index (χ4v) is 3.71. The zero-order chi connectivity index (χ0) is 15.3. The highest BCUT2D eigenvalue weighted by Gasteiger charge is 2.16. The minimum Gasteiger partial charge on any atom is -0.326 e. The molecule has 1 aliphatic heterocycles. The van der Waals surface area contributed by atoms with Gasteiger partial charge in [0.05, 0.1) is 5.75 Å². The van der Waals surface area contributed by atoms with Crippen molar-refractivity contribution in [3.05, 3.63) is 29.8 Å². The first kappa shape index (κ1) is 16.3. The molecule has 0 saturated carbocycles. The summed E-state index contributed by atoms with van der Waals surface area (Å²) in [4.78, 5) is 11.9. The second kappa shape index (κ2) is 7.26. The van der Waals surface area contributed by atoms with Gasteiger partial charge in [-0.3, -0.25) is 4.79 Å².